The fraction of sp³-hybridized carbons (Fsp3) is 0.300. The zero-order valence-electron chi connectivity index (χ0n) is 37.8. The van der Waals surface area contributed by atoms with Gasteiger partial charge >= 0.3 is 0 Å². The van der Waals surface area contributed by atoms with E-state index in [-0.39, 0.29) is 21.7 Å². The van der Waals surface area contributed by atoms with E-state index in [4.69, 9.17) is 0 Å². The van der Waals surface area contributed by atoms with Gasteiger partial charge in [-0.25, -0.2) is 0 Å². The van der Waals surface area contributed by atoms with Gasteiger partial charge in [0.15, 0.2) is 0 Å². The number of allylic oxidation sites excluding steroid dienone is 20. The van der Waals surface area contributed by atoms with Crippen molar-refractivity contribution < 1.29 is 0 Å². The number of fused-ring (bicyclic) bond motifs is 14. The van der Waals surface area contributed by atoms with Crippen LogP contribution in [0, 0.1) is 10.8 Å². The maximum atomic E-state index is 4.00. The van der Waals surface area contributed by atoms with Crippen molar-refractivity contribution in [1.29, 1.82) is 0 Å². The lowest BCUT2D eigenvalue weighted by molar-refractivity contribution is 0.517. The first-order chi connectivity index (χ1) is 28.2. The van der Waals surface area contributed by atoms with E-state index < -0.39 is 0 Å². The molecule has 9 rings (SSSR count). The van der Waals surface area contributed by atoms with Crippen molar-refractivity contribution in [2.24, 2.45) is 10.8 Å². The maximum absolute atomic E-state index is 4.00. The molecule has 0 saturated heterocycles. The van der Waals surface area contributed by atoms with Gasteiger partial charge in [0.05, 0.1) is 51.1 Å². The van der Waals surface area contributed by atoms with E-state index in [1.54, 1.807) is 0 Å². The van der Waals surface area contributed by atoms with Crippen molar-refractivity contribution in [2.75, 3.05) is 0 Å². The molecule has 0 spiro atoms. The van der Waals surface area contributed by atoms with E-state index >= 15 is 0 Å². The molecular formula is C60H58+2. The minimum atomic E-state index is -0.00000526. The summed E-state index contributed by atoms with van der Waals surface area (Å²) < 4.78 is 0. The monoisotopic (exact) mass is 778 g/mol. The summed E-state index contributed by atoms with van der Waals surface area (Å²) >= 11 is 0. The van der Waals surface area contributed by atoms with Crippen LogP contribution in [0.1, 0.15) is 129 Å². The van der Waals surface area contributed by atoms with Gasteiger partial charge in [-0.1, -0.05) is 92.3 Å². The first-order valence-electron chi connectivity index (χ1n) is 21.8. The molecule has 8 bridgehead atoms. The first kappa shape index (κ1) is 39.6. The average molecular weight is 779 g/mol. The van der Waals surface area contributed by atoms with Crippen LogP contribution in [-0.4, -0.2) is 0 Å². The summed E-state index contributed by atoms with van der Waals surface area (Å²) in [5.74, 6) is 0. The Morgan fingerprint density at radius 1 is 0.517 bits per heavy atom. The third-order valence-electron chi connectivity index (χ3n) is 13.0. The highest BCUT2D eigenvalue weighted by atomic mass is 14.3. The van der Waals surface area contributed by atoms with E-state index in [1.165, 1.54) is 89.1 Å². The van der Waals surface area contributed by atoms with Gasteiger partial charge in [0.1, 0.15) is 0 Å². The third-order valence-corrected chi connectivity index (χ3v) is 13.0. The molecule has 7 aliphatic carbocycles. The summed E-state index contributed by atoms with van der Waals surface area (Å²) in [6, 6.07) is 18.8. The zero-order chi connectivity index (χ0) is 42.5. The van der Waals surface area contributed by atoms with Crippen molar-refractivity contribution in [3.8, 4) is 0 Å². The molecule has 0 aromatic heterocycles. The van der Waals surface area contributed by atoms with Gasteiger partial charge in [-0.3, -0.25) is 0 Å². The van der Waals surface area contributed by atoms with E-state index in [1.807, 2.05) is 0 Å². The number of rotatable bonds is 0. The zero-order valence-corrected chi connectivity index (χ0v) is 37.8. The van der Waals surface area contributed by atoms with Crippen molar-refractivity contribution in [3.05, 3.63) is 221 Å². The van der Waals surface area contributed by atoms with Gasteiger partial charge in [0, 0.05) is 93.2 Å². The Bertz CT molecular complexity index is 2720. The Labute approximate surface area is 359 Å². The Hall–Kier alpha value is -5.82. The van der Waals surface area contributed by atoms with Crippen molar-refractivity contribution in [1.82, 2.24) is 0 Å². The lowest BCUT2D eigenvalue weighted by atomic mass is 9.86. The van der Waals surface area contributed by atoms with Crippen LogP contribution in [0.4, 0.5) is 0 Å². The lowest BCUT2D eigenvalue weighted by Gasteiger charge is -2.18. The Kier molecular flexibility index (Phi) is 9.16. The van der Waals surface area contributed by atoms with Gasteiger partial charge in [0.2, 0.25) is 0 Å². The van der Waals surface area contributed by atoms with Gasteiger partial charge in [0.25, 0.3) is 0 Å². The molecule has 0 amide bonds. The molecule has 0 aliphatic heterocycles. The smallest absolute Gasteiger partial charge is 0.0744 e. The summed E-state index contributed by atoms with van der Waals surface area (Å²) in [6.07, 6.45) is 24.8. The number of hydrogen-bond acceptors (Lipinski definition) is 0. The molecule has 0 nitrogen and oxygen atoms in total. The van der Waals surface area contributed by atoms with E-state index in [0.717, 1.165) is 35.1 Å². The van der Waals surface area contributed by atoms with Crippen LogP contribution < -0.4 is 0 Å². The van der Waals surface area contributed by atoms with Crippen LogP contribution in [0.25, 0.3) is 22.3 Å². The van der Waals surface area contributed by atoms with Crippen LogP contribution in [0.3, 0.4) is 0 Å². The molecule has 2 aromatic carbocycles. The van der Waals surface area contributed by atoms with Crippen molar-refractivity contribution >= 4 is 22.3 Å². The lowest BCUT2D eigenvalue weighted by Crippen LogP contribution is -2.09. The summed E-state index contributed by atoms with van der Waals surface area (Å²) in [5, 5.41) is 0. The van der Waals surface area contributed by atoms with Crippen LogP contribution in [0.5, 0.6) is 0 Å². The second-order valence-electron chi connectivity index (χ2n) is 21.6. The van der Waals surface area contributed by atoms with E-state index in [2.05, 4.69) is 215 Å². The minimum absolute atomic E-state index is 0.00000526. The Morgan fingerprint density at radius 2 is 1.08 bits per heavy atom. The average Bonchev–Trinajstić information content (AvgIpc) is 3.53. The molecule has 0 atom stereocenters. The fourth-order valence-electron chi connectivity index (χ4n) is 9.16. The van der Waals surface area contributed by atoms with Gasteiger partial charge in [-0.2, -0.15) is 0 Å². The van der Waals surface area contributed by atoms with Crippen molar-refractivity contribution in [2.45, 2.75) is 107 Å². The first-order valence-corrected chi connectivity index (χ1v) is 21.8. The number of hydrogen-bond donors (Lipinski definition) is 0. The predicted octanol–water partition coefficient (Wildman–Crippen LogP) is 15.8. The quantitative estimate of drug-likeness (QED) is 0.185. The van der Waals surface area contributed by atoms with Crippen LogP contribution in [-0.2, 0) is 10.8 Å². The van der Waals surface area contributed by atoms with Crippen LogP contribution >= 0.6 is 0 Å². The molecule has 296 valence electrons. The SMILES string of the molecule is CC(C)(C)C1=CC=C2C3=C=C(CC4=C/C(=C\C5=C=C(CC6=C/C(=C\3)[c+]3ccc(C(C)(C)C)ccc36)C3=C=CC(C(C)(C)C)=CC=C53)c3cc[c+](C(C)(C)C)ccc34)C2=C=C1. The second kappa shape index (κ2) is 13.9. The summed E-state index contributed by atoms with van der Waals surface area (Å²) in [4.78, 5) is 0. The molecular weight excluding hydrogens is 721 g/mol. The predicted molar refractivity (Wildman–Crippen MR) is 256 cm³/mol. The molecule has 0 N–H and O–H groups in total. The van der Waals surface area contributed by atoms with Gasteiger partial charge in [-0.15, -0.1) is 17.2 Å². The molecule has 7 aliphatic rings. The highest BCUT2D eigenvalue weighted by molar-refractivity contribution is 6.00. The molecule has 0 saturated carbocycles. The normalized spacial score (nSPS) is 20.8. The summed E-state index contributed by atoms with van der Waals surface area (Å²) in [6.45, 7) is 27.5. The topological polar surface area (TPSA) is 0 Å². The molecule has 0 radical (unpaired) electrons. The molecule has 0 heteroatoms. The Morgan fingerprint density at radius 3 is 1.65 bits per heavy atom. The molecule has 0 fully saturated rings. The fourth-order valence-corrected chi connectivity index (χ4v) is 9.16. The maximum Gasteiger partial charge on any atom is 0.0744 e. The van der Waals surface area contributed by atoms with Crippen molar-refractivity contribution in [3.63, 3.8) is 0 Å². The third kappa shape index (κ3) is 7.16. The second-order valence-corrected chi connectivity index (χ2v) is 21.6. The summed E-state index contributed by atoms with van der Waals surface area (Å²) in [7, 11) is 0. The van der Waals surface area contributed by atoms with Crippen LogP contribution in [0.2, 0.25) is 0 Å². The Balaban J connectivity index is 1.33. The van der Waals surface area contributed by atoms with Gasteiger partial charge < -0.3 is 0 Å². The van der Waals surface area contributed by atoms with E-state index in [9.17, 15) is 0 Å². The molecule has 2 aromatic rings. The molecule has 0 unspecified atom stereocenters. The standard InChI is InChI=1S/C60H58/c1-57(2,3)45-13-21-49-37-29-38(50(49)22-14-45)34-40-31-42(54-26-18-47(59(7,8)9)16-24-52(40)54)36-44-32-43(55-27-19-48(60(10,11)12)20-28-56(44)55)35-41-30-39(33-37)51-23-15-46(58(4,5)6)17-25-53(41)51/h13-23,26-29,32-33,36H,34-35H2,1-12H3/q+2/b37-33+,44-36+. The van der Waals surface area contributed by atoms with Gasteiger partial charge in [-0.05, 0) is 107 Å². The highest BCUT2D eigenvalue weighted by Crippen LogP contribution is 2.49. The van der Waals surface area contributed by atoms with Crippen LogP contribution in [0.15, 0.2) is 188 Å². The highest BCUT2D eigenvalue weighted by Gasteiger charge is 2.34. The van der Waals surface area contributed by atoms with E-state index in [0.29, 0.717) is 0 Å². The minimum Gasteiger partial charge on any atom is -0.111 e. The summed E-state index contributed by atoms with van der Waals surface area (Å²) in [5.41, 5.74) is 40.3. The largest absolute Gasteiger partial charge is 0.111 e. The molecule has 60 heavy (non-hydrogen) atoms. The molecule has 0 heterocycles.